The maximum absolute atomic E-state index is 12.8. The summed E-state index contributed by atoms with van der Waals surface area (Å²) in [6.07, 6.45) is -4.44. The quantitative estimate of drug-likeness (QED) is 0.825. The van der Waals surface area contributed by atoms with Gasteiger partial charge >= 0.3 is 6.18 Å². The molecule has 1 amide bonds. The Morgan fingerprint density at radius 2 is 1.69 bits per heavy atom. The van der Waals surface area contributed by atoms with Gasteiger partial charge in [0.15, 0.2) is 0 Å². The van der Waals surface area contributed by atoms with Crippen LogP contribution in [0, 0.1) is 6.92 Å². The van der Waals surface area contributed by atoms with Crippen LogP contribution in [0.5, 0.6) is 0 Å². The zero-order valence-corrected chi connectivity index (χ0v) is 14.6. The molecule has 6 heteroatoms. The summed E-state index contributed by atoms with van der Waals surface area (Å²) in [5, 5.41) is 0. The van der Waals surface area contributed by atoms with E-state index in [1.165, 1.54) is 23.3 Å². The summed E-state index contributed by atoms with van der Waals surface area (Å²) >= 11 is 0. The van der Waals surface area contributed by atoms with E-state index in [4.69, 9.17) is 0 Å². The second-order valence-electron chi connectivity index (χ2n) is 6.57. The van der Waals surface area contributed by atoms with Crippen LogP contribution in [0.2, 0.25) is 0 Å². The van der Waals surface area contributed by atoms with Crippen molar-refractivity contribution in [2.75, 3.05) is 26.2 Å². The minimum atomic E-state index is -4.44. The first-order valence-electron chi connectivity index (χ1n) is 8.58. The minimum Gasteiger partial charge on any atom is -0.336 e. The normalized spacial score (nSPS) is 15.9. The van der Waals surface area contributed by atoms with Crippen LogP contribution in [0.1, 0.15) is 27.0 Å². The number of nitrogens with zero attached hydrogens (tertiary/aromatic N) is 2. The van der Waals surface area contributed by atoms with Gasteiger partial charge in [0, 0.05) is 38.3 Å². The van der Waals surface area contributed by atoms with E-state index < -0.39 is 11.7 Å². The van der Waals surface area contributed by atoms with Crippen molar-refractivity contribution in [1.82, 2.24) is 9.80 Å². The second kappa shape index (κ2) is 7.50. The number of piperazine rings is 1. The smallest absolute Gasteiger partial charge is 0.336 e. The molecule has 138 valence electrons. The topological polar surface area (TPSA) is 23.6 Å². The first kappa shape index (κ1) is 18.5. The largest absolute Gasteiger partial charge is 0.416 e. The molecule has 1 fully saturated rings. The molecule has 2 aromatic carbocycles. The zero-order chi connectivity index (χ0) is 18.7. The van der Waals surface area contributed by atoms with Crippen LogP contribution in [-0.2, 0) is 12.7 Å². The maximum Gasteiger partial charge on any atom is 0.416 e. The van der Waals surface area contributed by atoms with E-state index in [-0.39, 0.29) is 11.5 Å². The fourth-order valence-corrected chi connectivity index (χ4v) is 3.15. The molecule has 1 aliphatic rings. The van der Waals surface area contributed by atoms with Crippen LogP contribution in [0.4, 0.5) is 13.2 Å². The Bertz CT molecular complexity index is 781. The number of hydrogen-bond donors (Lipinski definition) is 0. The van der Waals surface area contributed by atoms with Crippen molar-refractivity contribution in [2.24, 2.45) is 0 Å². The molecule has 0 atom stereocenters. The van der Waals surface area contributed by atoms with E-state index in [1.54, 1.807) is 4.90 Å². The number of rotatable bonds is 3. The van der Waals surface area contributed by atoms with Gasteiger partial charge in [-0.2, -0.15) is 13.2 Å². The first-order valence-corrected chi connectivity index (χ1v) is 8.58. The Hall–Kier alpha value is -2.34. The lowest BCUT2D eigenvalue weighted by atomic mass is 10.1. The molecule has 3 rings (SSSR count). The van der Waals surface area contributed by atoms with E-state index >= 15 is 0 Å². The summed E-state index contributed by atoms with van der Waals surface area (Å²) in [7, 11) is 0. The molecular weight excluding hydrogens is 341 g/mol. The summed E-state index contributed by atoms with van der Waals surface area (Å²) in [5.74, 6) is -0.341. The highest BCUT2D eigenvalue weighted by Gasteiger charge is 2.31. The molecule has 0 unspecified atom stereocenters. The average molecular weight is 362 g/mol. The standard InChI is InChI=1S/C20H21F3N2O/c1-15-5-2-3-6-17(15)14-24-9-11-25(12-10-24)19(26)16-7-4-8-18(13-16)20(21,22)23/h2-8,13H,9-12,14H2,1H3. The van der Waals surface area contributed by atoms with Gasteiger partial charge < -0.3 is 4.90 Å². The van der Waals surface area contributed by atoms with Gasteiger partial charge in [-0.3, -0.25) is 9.69 Å². The number of benzene rings is 2. The van der Waals surface area contributed by atoms with Crippen LogP contribution < -0.4 is 0 Å². The lowest BCUT2D eigenvalue weighted by Crippen LogP contribution is -2.48. The molecule has 0 spiro atoms. The van der Waals surface area contributed by atoms with Gasteiger partial charge in [-0.25, -0.2) is 0 Å². The third-order valence-electron chi connectivity index (χ3n) is 4.75. The van der Waals surface area contributed by atoms with Gasteiger partial charge in [0.2, 0.25) is 0 Å². The van der Waals surface area contributed by atoms with Crippen LogP contribution in [0.15, 0.2) is 48.5 Å². The Balaban J connectivity index is 1.61. The lowest BCUT2D eigenvalue weighted by molar-refractivity contribution is -0.137. The highest BCUT2D eigenvalue weighted by atomic mass is 19.4. The molecule has 1 saturated heterocycles. The van der Waals surface area contributed by atoms with Crippen molar-refractivity contribution >= 4 is 5.91 Å². The van der Waals surface area contributed by atoms with Gasteiger partial charge in [-0.05, 0) is 36.2 Å². The monoisotopic (exact) mass is 362 g/mol. The Morgan fingerprint density at radius 1 is 1.00 bits per heavy atom. The van der Waals surface area contributed by atoms with Gasteiger partial charge in [0.25, 0.3) is 5.91 Å². The molecule has 26 heavy (non-hydrogen) atoms. The summed E-state index contributed by atoms with van der Waals surface area (Å²) in [6, 6.07) is 12.8. The van der Waals surface area contributed by atoms with Crippen molar-refractivity contribution in [2.45, 2.75) is 19.6 Å². The molecule has 0 aliphatic carbocycles. The number of alkyl halides is 3. The molecule has 0 bridgehead atoms. The second-order valence-corrected chi connectivity index (χ2v) is 6.57. The average Bonchev–Trinajstić information content (AvgIpc) is 2.63. The van der Waals surface area contributed by atoms with Crippen LogP contribution >= 0.6 is 0 Å². The fraction of sp³-hybridized carbons (Fsp3) is 0.350. The van der Waals surface area contributed by atoms with Crippen molar-refractivity contribution in [3.8, 4) is 0 Å². The van der Waals surface area contributed by atoms with Crippen molar-refractivity contribution in [1.29, 1.82) is 0 Å². The molecule has 1 aliphatic heterocycles. The van der Waals surface area contributed by atoms with Gasteiger partial charge in [-0.1, -0.05) is 30.3 Å². The molecule has 0 saturated carbocycles. The molecule has 2 aromatic rings. The van der Waals surface area contributed by atoms with Crippen LogP contribution in [-0.4, -0.2) is 41.9 Å². The number of carbonyl (C=O) groups excluding carboxylic acids is 1. The Kier molecular flexibility index (Phi) is 5.32. The minimum absolute atomic E-state index is 0.0900. The third-order valence-corrected chi connectivity index (χ3v) is 4.75. The Labute approximate surface area is 151 Å². The number of halogens is 3. The van der Waals surface area contributed by atoms with Gasteiger partial charge in [0.1, 0.15) is 0 Å². The van der Waals surface area contributed by atoms with E-state index in [1.807, 2.05) is 12.1 Å². The van der Waals surface area contributed by atoms with Crippen LogP contribution in [0.25, 0.3) is 0 Å². The van der Waals surface area contributed by atoms with E-state index in [2.05, 4.69) is 24.0 Å². The van der Waals surface area contributed by atoms with E-state index in [0.29, 0.717) is 26.2 Å². The summed E-state index contributed by atoms with van der Waals surface area (Å²) in [5.41, 5.74) is 1.79. The van der Waals surface area contributed by atoms with Crippen molar-refractivity contribution in [3.05, 3.63) is 70.8 Å². The molecule has 0 radical (unpaired) electrons. The highest BCUT2D eigenvalue weighted by molar-refractivity contribution is 5.94. The third kappa shape index (κ3) is 4.25. The zero-order valence-electron chi connectivity index (χ0n) is 14.6. The Morgan fingerprint density at radius 3 is 2.35 bits per heavy atom. The van der Waals surface area contributed by atoms with Gasteiger partial charge in [0.05, 0.1) is 5.56 Å². The molecular formula is C20H21F3N2O. The number of aryl methyl sites for hydroxylation is 1. The van der Waals surface area contributed by atoms with Crippen molar-refractivity contribution in [3.63, 3.8) is 0 Å². The lowest BCUT2D eigenvalue weighted by Gasteiger charge is -2.35. The van der Waals surface area contributed by atoms with E-state index in [9.17, 15) is 18.0 Å². The highest BCUT2D eigenvalue weighted by Crippen LogP contribution is 2.29. The molecule has 0 N–H and O–H groups in total. The molecule has 1 heterocycles. The van der Waals surface area contributed by atoms with Gasteiger partial charge in [-0.15, -0.1) is 0 Å². The number of amides is 1. The predicted molar refractivity (Wildman–Crippen MR) is 93.8 cm³/mol. The van der Waals surface area contributed by atoms with Crippen LogP contribution in [0.3, 0.4) is 0 Å². The number of hydrogen-bond acceptors (Lipinski definition) is 2. The summed E-state index contributed by atoms with van der Waals surface area (Å²) in [4.78, 5) is 16.4. The number of carbonyl (C=O) groups is 1. The van der Waals surface area contributed by atoms with E-state index in [0.717, 1.165) is 18.7 Å². The fourth-order valence-electron chi connectivity index (χ4n) is 3.15. The molecule has 3 nitrogen and oxygen atoms in total. The predicted octanol–water partition coefficient (Wildman–Crippen LogP) is 3.97. The summed E-state index contributed by atoms with van der Waals surface area (Å²) < 4.78 is 38.5. The SMILES string of the molecule is Cc1ccccc1CN1CCN(C(=O)c2cccc(C(F)(F)F)c2)CC1. The summed E-state index contributed by atoms with van der Waals surface area (Å²) in [6.45, 7) is 5.33. The first-order chi connectivity index (χ1) is 12.3. The van der Waals surface area contributed by atoms with Crippen molar-refractivity contribution < 1.29 is 18.0 Å². The maximum atomic E-state index is 12.8. The molecule has 0 aromatic heterocycles.